The number of rotatable bonds is 4. The van der Waals surface area contributed by atoms with Gasteiger partial charge in [0.2, 0.25) is 0 Å². The number of esters is 1. The molecule has 1 aromatic heterocycles. The van der Waals surface area contributed by atoms with E-state index < -0.39 is 16.0 Å². The second-order valence-electron chi connectivity index (χ2n) is 4.53. The summed E-state index contributed by atoms with van der Waals surface area (Å²) in [6.07, 6.45) is 0. The first-order valence-electron chi connectivity index (χ1n) is 6.44. The summed E-state index contributed by atoms with van der Waals surface area (Å²) in [4.78, 5) is 11.6. The molecule has 1 N–H and O–H groups in total. The molecule has 8 nitrogen and oxygen atoms in total. The lowest BCUT2D eigenvalue weighted by molar-refractivity contribution is 0.0602. The van der Waals surface area contributed by atoms with Gasteiger partial charge < -0.3 is 4.74 Å². The van der Waals surface area contributed by atoms with Crippen LogP contribution in [0, 0.1) is 0 Å². The van der Waals surface area contributed by atoms with Gasteiger partial charge in [0.05, 0.1) is 18.4 Å². The number of ether oxygens (including phenoxy) is 1. The number of para-hydroxylation sites is 1. The number of carbonyl (C=O) groups is 1. The van der Waals surface area contributed by atoms with Gasteiger partial charge in [-0.2, -0.15) is 0 Å². The number of nitrogens with one attached hydrogen (secondary N) is 1. The highest BCUT2D eigenvalue weighted by atomic mass is 32.2. The molecule has 0 fully saturated rings. The Labute approximate surface area is 131 Å². The molecule has 9 heteroatoms. The third kappa shape index (κ3) is 2.73. The average molecular weight is 333 g/mol. The molecule has 3 aromatic rings. The molecule has 118 valence electrons. The number of anilines is 1. The van der Waals surface area contributed by atoms with Crippen molar-refractivity contribution >= 4 is 32.7 Å². The highest BCUT2D eigenvalue weighted by molar-refractivity contribution is 7.93. The Hall–Kier alpha value is -2.94. The standard InChI is InChI=1S/C14H11N3O5S/c1-21-14(18)9-5-2-3-6-10(9)17-23(19,20)12-8-4-7-11-13(12)16-22-15-11/h2-8,17H,1H3. The lowest BCUT2D eigenvalue weighted by Crippen LogP contribution is -2.16. The van der Waals surface area contributed by atoms with Crippen LogP contribution in [0.1, 0.15) is 10.4 Å². The number of hydrogen-bond donors (Lipinski definition) is 1. The Bertz CT molecular complexity index is 981. The Morgan fingerprint density at radius 1 is 1.13 bits per heavy atom. The molecule has 0 atom stereocenters. The highest BCUT2D eigenvalue weighted by Gasteiger charge is 2.22. The minimum absolute atomic E-state index is 0.101. The van der Waals surface area contributed by atoms with Gasteiger partial charge in [0.1, 0.15) is 10.4 Å². The van der Waals surface area contributed by atoms with E-state index in [4.69, 9.17) is 0 Å². The van der Waals surface area contributed by atoms with E-state index >= 15 is 0 Å². The maximum Gasteiger partial charge on any atom is 0.339 e. The van der Waals surface area contributed by atoms with Crippen molar-refractivity contribution in [3.63, 3.8) is 0 Å². The quantitative estimate of drug-likeness (QED) is 0.725. The van der Waals surface area contributed by atoms with Crippen molar-refractivity contribution < 1.29 is 22.6 Å². The molecule has 0 spiro atoms. The second kappa shape index (κ2) is 5.69. The number of fused-ring (bicyclic) bond motifs is 1. The van der Waals surface area contributed by atoms with Crippen LogP contribution in [0.2, 0.25) is 0 Å². The largest absolute Gasteiger partial charge is 0.465 e. The first-order valence-corrected chi connectivity index (χ1v) is 7.92. The second-order valence-corrected chi connectivity index (χ2v) is 6.18. The van der Waals surface area contributed by atoms with Crippen LogP contribution in [-0.2, 0) is 14.8 Å². The van der Waals surface area contributed by atoms with Gasteiger partial charge in [-0.1, -0.05) is 18.2 Å². The van der Waals surface area contributed by atoms with Gasteiger partial charge in [-0.25, -0.2) is 17.8 Å². The van der Waals surface area contributed by atoms with Crippen molar-refractivity contribution in [1.82, 2.24) is 10.3 Å². The van der Waals surface area contributed by atoms with Crippen LogP contribution in [0.15, 0.2) is 52.0 Å². The lowest BCUT2D eigenvalue weighted by atomic mass is 10.2. The maximum absolute atomic E-state index is 12.6. The summed E-state index contributed by atoms with van der Waals surface area (Å²) >= 11 is 0. The molecule has 0 saturated heterocycles. The molecular weight excluding hydrogens is 322 g/mol. The fraction of sp³-hybridized carbons (Fsp3) is 0.0714. The van der Waals surface area contributed by atoms with Crippen LogP contribution < -0.4 is 4.72 Å². The van der Waals surface area contributed by atoms with Crippen LogP contribution in [-0.4, -0.2) is 31.8 Å². The molecule has 0 radical (unpaired) electrons. The maximum atomic E-state index is 12.6. The van der Waals surface area contributed by atoms with E-state index in [1.54, 1.807) is 18.2 Å². The molecule has 0 saturated carbocycles. The van der Waals surface area contributed by atoms with Crippen LogP contribution in [0.3, 0.4) is 0 Å². The molecule has 23 heavy (non-hydrogen) atoms. The summed E-state index contributed by atoms with van der Waals surface area (Å²) in [6, 6.07) is 10.6. The SMILES string of the molecule is COC(=O)c1ccccc1NS(=O)(=O)c1cccc2nonc12. The van der Waals surface area contributed by atoms with Gasteiger partial charge in [-0.05, 0) is 34.6 Å². The Morgan fingerprint density at radius 2 is 1.91 bits per heavy atom. The minimum atomic E-state index is -3.99. The van der Waals surface area contributed by atoms with E-state index in [9.17, 15) is 13.2 Å². The van der Waals surface area contributed by atoms with Gasteiger partial charge >= 0.3 is 5.97 Å². The number of methoxy groups -OCH3 is 1. The number of nitrogens with zero attached hydrogens (tertiary/aromatic N) is 2. The summed E-state index contributed by atoms with van der Waals surface area (Å²) in [6.45, 7) is 0. The zero-order valence-corrected chi connectivity index (χ0v) is 12.7. The molecule has 0 aliphatic carbocycles. The summed E-state index contributed by atoms with van der Waals surface area (Å²) in [5.41, 5.74) is 0.626. The van der Waals surface area contributed by atoms with Crippen molar-refractivity contribution in [2.45, 2.75) is 4.90 Å². The Balaban J connectivity index is 2.06. The zero-order valence-electron chi connectivity index (χ0n) is 11.9. The first kappa shape index (κ1) is 15.0. The molecule has 0 aliphatic heterocycles. The fourth-order valence-electron chi connectivity index (χ4n) is 2.06. The van der Waals surface area contributed by atoms with E-state index in [0.29, 0.717) is 5.52 Å². The normalized spacial score (nSPS) is 11.3. The lowest BCUT2D eigenvalue weighted by Gasteiger charge is -2.11. The summed E-state index contributed by atoms with van der Waals surface area (Å²) in [7, 11) is -2.78. The Kier molecular flexibility index (Phi) is 3.70. The first-order chi connectivity index (χ1) is 11.0. The van der Waals surface area contributed by atoms with Gasteiger partial charge in [-0.15, -0.1) is 0 Å². The number of carbonyl (C=O) groups excluding carboxylic acids is 1. The summed E-state index contributed by atoms with van der Waals surface area (Å²) < 4.78 is 36.8. The van der Waals surface area contributed by atoms with Gasteiger partial charge in [0, 0.05) is 0 Å². The smallest absolute Gasteiger partial charge is 0.339 e. The zero-order chi connectivity index (χ0) is 16.4. The van der Waals surface area contributed by atoms with Crippen LogP contribution in [0.4, 0.5) is 5.69 Å². The third-order valence-electron chi connectivity index (χ3n) is 3.12. The van der Waals surface area contributed by atoms with Crippen molar-refractivity contribution in [2.24, 2.45) is 0 Å². The van der Waals surface area contributed by atoms with Crippen molar-refractivity contribution in [2.75, 3.05) is 11.8 Å². The highest BCUT2D eigenvalue weighted by Crippen LogP contribution is 2.24. The van der Waals surface area contributed by atoms with Crippen molar-refractivity contribution in [1.29, 1.82) is 0 Å². The van der Waals surface area contributed by atoms with E-state index in [0.717, 1.165) is 0 Å². The monoisotopic (exact) mass is 333 g/mol. The number of benzene rings is 2. The molecule has 0 bridgehead atoms. The summed E-state index contributed by atoms with van der Waals surface area (Å²) in [5, 5.41) is 7.21. The molecular formula is C14H11N3O5S. The molecule has 3 rings (SSSR count). The Morgan fingerprint density at radius 3 is 2.70 bits per heavy atom. The average Bonchev–Trinajstić information content (AvgIpc) is 3.02. The number of aromatic nitrogens is 2. The van der Waals surface area contributed by atoms with Crippen molar-refractivity contribution in [3.8, 4) is 0 Å². The van der Waals surface area contributed by atoms with Gasteiger partial charge in [0.25, 0.3) is 10.0 Å². The topological polar surface area (TPSA) is 111 Å². The van der Waals surface area contributed by atoms with Crippen molar-refractivity contribution in [3.05, 3.63) is 48.0 Å². The molecule has 2 aromatic carbocycles. The van der Waals surface area contributed by atoms with Gasteiger partial charge in [-0.3, -0.25) is 4.72 Å². The molecule has 0 unspecified atom stereocenters. The van der Waals surface area contributed by atoms with E-state index in [1.165, 1.54) is 31.4 Å². The van der Waals surface area contributed by atoms with E-state index in [1.807, 2.05) is 0 Å². The molecule has 0 aliphatic rings. The minimum Gasteiger partial charge on any atom is -0.465 e. The van der Waals surface area contributed by atoms with Crippen LogP contribution in [0.25, 0.3) is 11.0 Å². The van der Waals surface area contributed by atoms with Crippen LogP contribution in [0.5, 0.6) is 0 Å². The molecule has 0 amide bonds. The predicted octanol–water partition coefficient (Wildman–Crippen LogP) is 1.81. The summed E-state index contributed by atoms with van der Waals surface area (Å²) in [5.74, 6) is -0.649. The fourth-order valence-corrected chi connectivity index (χ4v) is 3.29. The number of hydrogen-bond acceptors (Lipinski definition) is 7. The molecule has 1 heterocycles. The van der Waals surface area contributed by atoms with Crippen LogP contribution >= 0.6 is 0 Å². The number of sulfonamides is 1. The van der Waals surface area contributed by atoms with Gasteiger partial charge in [0.15, 0.2) is 5.52 Å². The predicted molar refractivity (Wildman–Crippen MR) is 80.4 cm³/mol. The van der Waals surface area contributed by atoms with E-state index in [-0.39, 0.29) is 21.7 Å². The van der Waals surface area contributed by atoms with E-state index in [2.05, 4.69) is 24.4 Å². The third-order valence-corrected chi connectivity index (χ3v) is 4.51.